The van der Waals surface area contributed by atoms with Crippen LogP contribution >= 0.6 is 0 Å². The fraction of sp³-hybridized carbons (Fsp3) is 0.600. The Morgan fingerprint density at radius 1 is 1.41 bits per heavy atom. The van der Waals surface area contributed by atoms with Gasteiger partial charge in [-0.25, -0.2) is 0 Å². The van der Waals surface area contributed by atoms with Crippen molar-refractivity contribution in [3.63, 3.8) is 0 Å². The van der Waals surface area contributed by atoms with Gasteiger partial charge >= 0.3 is 0 Å². The van der Waals surface area contributed by atoms with Gasteiger partial charge in [0.05, 0.1) is 6.61 Å². The maximum absolute atomic E-state index is 5.70. The fourth-order valence-electron chi connectivity index (χ4n) is 2.59. The van der Waals surface area contributed by atoms with Crippen molar-refractivity contribution in [3.8, 4) is 5.75 Å². The Hall–Kier alpha value is -1.02. The number of para-hydroxylation sites is 1. The minimum atomic E-state index is 0.611. The van der Waals surface area contributed by atoms with Crippen LogP contribution in [0.4, 0.5) is 0 Å². The van der Waals surface area contributed by atoms with Crippen LogP contribution in [-0.2, 0) is 0 Å². The van der Waals surface area contributed by atoms with Gasteiger partial charge in [-0.2, -0.15) is 0 Å². The molecule has 1 aromatic rings. The standard InChI is InChI=1S/C15H23NO/c1-3-16-12(2)7-6-8-13-11-17-15-10-5-4-9-14(13)15/h4-5,9-10,12-13,16H,3,6-8,11H2,1-2H3. The second kappa shape index (κ2) is 6.06. The minimum absolute atomic E-state index is 0.611. The molecule has 1 aliphatic rings. The van der Waals surface area contributed by atoms with E-state index in [-0.39, 0.29) is 0 Å². The summed E-state index contributed by atoms with van der Waals surface area (Å²) in [6, 6.07) is 9.09. The van der Waals surface area contributed by atoms with Crippen molar-refractivity contribution in [3.05, 3.63) is 29.8 Å². The van der Waals surface area contributed by atoms with E-state index in [1.54, 1.807) is 0 Å². The number of hydrogen-bond acceptors (Lipinski definition) is 2. The van der Waals surface area contributed by atoms with E-state index < -0.39 is 0 Å². The van der Waals surface area contributed by atoms with Crippen LogP contribution in [0.1, 0.15) is 44.6 Å². The molecule has 0 aliphatic carbocycles. The molecule has 0 amide bonds. The quantitative estimate of drug-likeness (QED) is 0.813. The van der Waals surface area contributed by atoms with E-state index in [4.69, 9.17) is 4.74 Å². The molecule has 0 aromatic heterocycles. The fourth-order valence-corrected chi connectivity index (χ4v) is 2.59. The molecule has 1 aromatic carbocycles. The van der Waals surface area contributed by atoms with Gasteiger partial charge in [-0.15, -0.1) is 0 Å². The maximum Gasteiger partial charge on any atom is 0.122 e. The van der Waals surface area contributed by atoms with Crippen LogP contribution in [0.2, 0.25) is 0 Å². The Bertz CT molecular complexity index is 351. The lowest BCUT2D eigenvalue weighted by Gasteiger charge is -2.13. The van der Waals surface area contributed by atoms with Gasteiger partial charge in [0.25, 0.3) is 0 Å². The molecule has 0 bridgehead atoms. The number of fused-ring (bicyclic) bond motifs is 1. The summed E-state index contributed by atoms with van der Waals surface area (Å²) in [6.07, 6.45) is 3.77. The van der Waals surface area contributed by atoms with E-state index in [2.05, 4.69) is 43.4 Å². The molecule has 2 unspecified atom stereocenters. The third-order valence-corrected chi connectivity index (χ3v) is 3.54. The molecule has 17 heavy (non-hydrogen) atoms. The van der Waals surface area contributed by atoms with Gasteiger partial charge in [-0.3, -0.25) is 0 Å². The van der Waals surface area contributed by atoms with Crippen LogP contribution in [0.5, 0.6) is 5.75 Å². The Morgan fingerprint density at radius 3 is 3.06 bits per heavy atom. The Labute approximate surface area is 104 Å². The van der Waals surface area contributed by atoms with Crippen LogP contribution in [0, 0.1) is 0 Å². The molecule has 94 valence electrons. The van der Waals surface area contributed by atoms with Crippen LogP contribution in [0.15, 0.2) is 24.3 Å². The van der Waals surface area contributed by atoms with Crippen LogP contribution in [0.25, 0.3) is 0 Å². The number of hydrogen-bond donors (Lipinski definition) is 1. The molecule has 0 fully saturated rings. The highest BCUT2D eigenvalue weighted by atomic mass is 16.5. The van der Waals surface area contributed by atoms with Crippen molar-refractivity contribution >= 4 is 0 Å². The summed E-state index contributed by atoms with van der Waals surface area (Å²) in [4.78, 5) is 0. The molecular weight excluding hydrogens is 210 g/mol. The summed E-state index contributed by atoms with van der Waals surface area (Å²) in [5.74, 6) is 1.71. The molecular formula is C15H23NO. The van der Waals surface area contributed by atoms with Gasteiger partial charge in [0.1, 0.15) is 5.75 Å². The van der Waals surface area contributed by atoms with Crippen molar-refractivity contribution in [2.45, 2.75) is 45.1 Å². The molecule has 0 saturated carbocycles. The second-order valence-electron chi connectivity index (χ2n) is 4.94. The average molecular weight is 233 g/mol. The predicted octanol–water partition coefficient (Wildman–Crippen LogP) is 3.33. The first kappa shape index (κ1) is 12.4. The number of nitrogens with one attached hydrogen (secondary N) is 1. The van der Waals surface area contributed by atoms with Gasteiger partial charge in [0, 0.05) is 17.5 Å². The Morgan fingerprint density at radius 2 is 2.24 bits per heavy atom. The zero-order valence-corrected chi connectivity index (χ0v) is 10.9. The van der Waals surface area contributed by atoms with Gasteiger partial charge in [0.2, 0.25) is 0 Å². The van der Waals surface area contributed by atoms with Crippen LogP contribution in [0.3, 0.4) is 0 Å². The van der Waals surface area contributed by atoms with Gasteiger partial charge in [-0.05, 0) is 32.4 Å². The molecule has 2 atom stereocenters. The summed E-state index contributed by atoms with van der Waals surface area (Å²) in [7, 11) is 0. The largest absolute Gasteiger partial charge is 0.493 e. The molecule has 1 heterocycles. The number of benzene rings is 1. The maximum atomic E-state index is 5.70. The number of ether oxygens (including phenoxy) is 1. The first-order valence-electron chi connectivity index (χ1n) is 6.76. The highest BCUT2D eigenvalue weighted by Gasteiger charge is 2.22. The highest BCUT2D eigenvalue weighted by Crippen LogP contribution is 2.36. The van der Waals surface area contributed by atoms with E-state index in [9.17, 15) is 0 Å². The van der Waals surface area contributed by atoms with Crippen molar-refractivity contribution in [1.29, 1.82) is 0 Å². The Kier molecular flexibility index (Phi) is 4.43. The molecule has 0 spiro atoms. The zero-order chi connectivity index (χ0) is 12.1. The third-order valence-electron chi connectivity index (χ3n) is 3.54. The smallest absolute Gasteiger partial charge is 0.122 e. The normalized spacial score (nSPS) is 19.8. The first-order chi connectivity index (χ1) is 8.31. The summed E-state index contributed by atoms with van der Waals surface area (Å²) < 4.78 is 5.70. The van der Waals surface area contributed by atoms with Gasteiger partial charge < -0.3 is 10.1 Å². The van der Waals surface area contributed by atoms with E-state index in [0.29, 0.717) is 12.0 Å². The van der Waals surface area contributed by atoms with Gasteiger partial charge in [-0.1, -0.05) is 31.5 Å². The predicted molar refractivity (Wildman–Crippen MR) is 71.7 cm³/mol. The monoisotopic (exact) mass is 233 g/mol. The van der Waals surface area contributed by atoms with Crippen molar-refractivity contribution in [1.82, 2.24) is 5.32 Å². The lowest BCUT2D eigenvalue weighted by molar-refractivity contribution is 0.320. The molecule has 0 saturated heterocycles. The molecule has 2 rings (SSSR count). The molecule has 2 heteroatoms. The average Bonchev–Trinajstić information content (AvgIpc) is 2.73. The molecule has 1 N–H and O–H groups in total. The SMILES string of the molecule is CCNC(C)CCCC1COc2ccccc21. The van der Waals surface area contributed by atoms with Crippen LogP contribution in [-0.4, -0.2) is 19.2 Å². The Balaban J connectivity index is 1.78. The highest BCUT2D eigenvalue weighted by molar-refractivity contribution is 5.39. The summed E-state index contributed by atoms with van der Waals surface area (Å²) in [5.41, 5.74) is 1.41. The molecule has 0 radical (unpaired) electrons. The molecule has 1 aliphatic heterocycles. The molecule has 2 nitrogen and oxygen atoms in total. The van der Waals surface area contributed by atoms with Crippen LogP contribution < -0.4 is 10.1 Å². The van der Waals surface area contributed by atoms with E-state index in [1.165, 1.54) is 24.8 Å². The van der Waals surface area contributed by atoms with Gasteiger partial charge in [0.15, 0.2) is 0 Å². The first-order valence-corrected chi connectivity index (χ1v) is 6.76. The van der Waals surface area contributed by atoms with Crippen molar-refractivity contribution in [2.24, 2.45) is 0 Å². The van der Waals surface area contributed by atoms with E-state index in [1.807, 2.05) is 0 Å². The summed E-state index contributed by atoms with van der Waals surface area (Å²) >= 11 is 0. The topological polar surface area (TPSA) is 21.3 Å². The van der Waals surface area contributed by atoms with Crippen molar-refractivity contribution < 1.29 is 4.74 Å². The number of rotatable bonds is 6. The van der Waals surface area contributed by atoms with E-state index in [0.717, 1.165) is 18.9 Å². The zero-order valence-electron chi connectivity index (χ0n) is 10.9. The minimum Gasteiger partial charge on any atom is -0.493 e. The third kappa shape index (κ3) is 3.22. The van der Waals surface area contributed by atoms with E-state index >= 15 is 0 Å². The second-order valence-corrected chi connectivity index (χ2v) is 4.94. The lowest BCUT2D eigenvalue weighted by atomic mass is 9.94. The van der Waals surface area contributed by atoms with Crippen molar-refractivity contribution in [2.75, 3.05) is 13.2 Å². The summed E-state index contributed by atoms with van der Waals surface area (Å²) in [5, 5.41) is 3.46. The summed E-state index contributed by atoms with van der Waals surface area (Å²) in [6.45, 7) is 6.37. The lowest BCUT2D eigenvalue weighted by Crippen LogP contribution is -2.25.